The number of imidazole rings is 1. The number of pyridine rings is 1. The number of methoxy groups -OCH3 is 1. The minimum absolute atomic E-state index is 0.0570. The zero-order chi connectivity index (χ0) is 19.4. The van der Waals surface area contributed by atoms with Crippen LogP contribution in [0.4, 0.5) is 0 Å². The van der Waals surface area contributed by atoms with Crippen LogP contribution in [0.3, 0.4) is 0 Å². The van der Waals surface area contributed by atoms with Crippen LogP contribution in [-0.4, -0.2) is 39.8 Å². The lowest BCUT2D eigenvalue weighted by atomic mass is 10.2. The molecule has 126 valence electrons. The van der Waals surface area contributed by atoms with Crippen molar-refractivity contribution in [2.75, 3.05) is 20.3 Å². The van der Waals surface area contributed by atoms with Crippen molar-refractivity contribution in [3.8, 4) is 5.75 Å². The van der Waals surface area contributed by atoms with Crippen LogP contribution < -0.4 is 4.74 Å². The molecule has 1 N–H and O–H groups in total. The number of hydrogen-bond donors (Lipinski definition) is 1. The summed E-state index contributed by atoms with van der Waals surface area (Å²) in [5.41, 5.74) is 2.97. The molecule has 0 aliphatic rings. The third-order valence-corrected chi connectivity index (χ3v) is 4.71. The van der Waals surface area contributed by atoms with Gasteiger partial charge >= 0.3 is 5.16 Å². The number of para-hydroxylation sites is 2. The molecule has 0 aliphatic heterocycles. The molecule has 0 radical (unpaired) electrons. The monoisotopic (exact) mass is 348 g/mol. The lowest BCUT2D eigenvalue weighted by Gasteiger charge is -2.12. The van der Waals surface area contributed by atoms with Crippen LogP contribution in [-0.2, 0) is 21.7 Å². The van der Waals surface area contributed by atoms with Crippen LogP contribution in [0.2, 0.25) is 0 Å². The van der Waals surface area contributed by atoms with E-state index in [9.17, 15) is 4.55 Å². The summed E-state index contributed by atoms with van der Waals surface area (Å²) in [4.78, 5) is 11.7. The number of nitrogens with zero attached hydrogens (tertiary/aromatic N) is 2. The predicted octanol–water partition coefficient (Wildman–Crippen LogP) is 2.60. The first-order chi connectivity index (χ1) is 12.8. The van der Waals surface area contributed by atoms with E-state index >= 15 is 0 Å². The minimum atomic E-state index is -2.44. The zero-order valence-corrected chi connectivity index (χ0v) is 13.9. The highest BCUT2D eigenvalue weighted by Gasteiger charge is 2.20. The molecule has 3 rings (SSSR count). The van der Waals surface area contributed by atoms with Crippen LogP contribution >= 0.6 is 0 Å². The Morgan fingerprint density at radius 1 is 1.29 bits per heavy atom. The summed E-state index contributed by atoms with van der Waals surface area (Å²) in [7, 11) is -2.44. The fraction of sp³-hybridized carbons (Fsp3) is 0.294. The molecule has 2 heterocycles. The van der Waals surface area contributed by atoms with Gasteiger partial charge in [0.15, 0.2) is 5.75 Å². The van der Waals surface area contributed by atoms with Crippen molar-refractivity contribution in [1.82, 2.24) is 15.0 Å². The zero-order valence-electron chi connectivity index (χ0n) is 16.1. The Kier molecular flexibility index (Phi) is 4.22. The molecule has 0 saturated heterocycles. The maximum Gasteiger partial charge on any atom is 0.322 e. The normalized spacial score (nSPS) is 14.8. The molecular formula is C17H19N3O3S. The van der Waals surface area contributed by atoms with Gasteiger partial charge in [-0.05, 0) is 25.1 Å². The number of rotatable bonds is 7. The Morgan fingerprint density at radius 3 is 3.00 bits per heavy atom. The standard InChI is InChI=1S/C17H19N3O3S/c1-12-15(18-8-7-16(12)23-10-9-22-2)11-24(21)17-19-13-5-3-4-6-14(13)20-17/h3-8H,9-11H2,1-2H3,(H,19,20)/i2D3. The van der Waals surface area contributed by atoms with Crippen molar-refractivity contribution < 1.29 is 18.1 Å². The first-order valence-corrected chi connectivity index (χ1v) is 8.70. The Labute approximate surface area is 147 Å². The van der Waals surface area contributed by atoms with Gasteiger partial charge in [-0.25, -0.2) is 0 Å². The first kappa shape index (κ1) is 13.2. The highest BCUT2D eigenvalue weighted by Crippen LogP contribution is 2.23. The van der Waals surface area contributed by atoms with Crippen molar-refractivity contribution in [3.05, 3.63) is 47.8 Å². The van der Waals surface area contributed by atoms with Gasteiger partial charge in [0.25, 0.3) is 0 Å². The van der Waals surface area contributed by atoms with Crippen LogP contribution in [0.25, 0.3) is 11.0 Å². The number of H-pyrrole nitrogens is 1. The summed E-state index contributed by atoms with van der Waals surface area (Å²) in [6.45, 7) is 1.85. The Balaban J connectivity index is 1.66. The summed E-state index contributed by atoms with van der Waals surface area (Å²) in [5, 5.41) is 0.398. The fourth-order valence-corrected chi connectivity index (χ4v) is 3.38. The maximum absolute atomic E-state index is 12.7. The van der Waals surface area contributed by atoms with Crippen LogP contribution in [0.15, 0.2) is 41.7 Å². The van der Waals surface area contributed by atoms with Crippen molar-refractivity contribution in [1.29, 1.82) is 0 Å². The quantitative estimate of drug-likeness (QED) is 0.524. The summed E-state index contributed by atoms with van der Waals surface area (Å²) in [6, 6.07) is 9.17. The molecule has 3 aromatic rings. The second kappa shape index (κ2) is 7.65. The number of ether oxygens (including phenoxy) is 2. The SMILES string of the molecule is [2H]C([2H])([2H])OCCOc1ccnc(C[S+]([O-])c2nc3ccccc3[nH]2)c1C. The molecule has 24 heavy (non-hydrogen) atoms. The Morgan fingerprint density at radius 2 is 2.17 bits per heavy atom. The molecule has 0 bridgehead atoms. The van der Waals surface area contributed by atoms with Crippen LogP contribution in [0.5, 0.6) is 5.75 Å². The molecule has 2 aromatic heterocycles. The molecule has 1 unspecified atom stereocenters. The number of benzene rings is 1. The third-order valence-electron chi connectivity index (χ3n) is 3.55. The van der Waals surface area contributed by atoms with E-state index < -0.39 is 18.2 Å². The lowest BCUT2D eigenvalue weighted by molar-refractivity contribution is 0.146. The number of nitrogens with one attached hydrogen (secondary N) is 1. The number of fused-ring (bicyclic) bond motifs is 1. The van der Waals surface area contributed by atoms with Crippen molar-refractivity contribution in [2.45, 2.75) is 17.8 Å². The van der Waals surface area contributed by atoms with Crippen LogP contribution in [0.1, 0.15) is 15.4 Å². The average molecular weight is 348 g/mol. The van der Waals surface area contributed by atoms with E-state index in [1.54, 1.807) is 12.3 Å². The minimum Gasteiger partial charge on any atom is -0.609 e. The van der Waals surface area contributed by atoms with E-state index in [1.165, 1.54) is 0 Å². The Hall–Kier alpha value is -2.09. The molecule has 0 saturated carbocycles. The largest absolute Gasteiger partial charge is 0.609 e. The van der Waals surface area contributed by atoms with Gasteiger partial charge in [0.2, 0.25) is 0 Å². The number of aromatic nitrogens is 3. The molecule has 0 aliphatic carbocycles. The van der Waals surface area contributed by atoms with Crippen LogP contribution in [0, 0.1) is 6.92 Å². The topological polar surface area (TPSA) is 83.1 Å². The summed E-state index contributed by atoms with van der Waals surface area (Å²) >= 11 is -1.39. The highest BCUT2D eigenvalue weighted by molar-refractivity contribution is 7.90. The average Bonchev–Trinajstić information content (AvgIpc) is 3.05. The van der Waals surface area contributed by atoms with Gasteiger partial charge in [-0.3, -0.25) is 9.97 Å². The summed E-state index contributed by atoms with van der Waals surface area (Å²) in [5.74, 6) is 0.741. The van der Waals surface area contributed by atoms with E-state index in [0.717, 1.165) is 16.6 Å². The first-order valence-electron chi connectivity index (χ1n) is 8.88. The molecule has 7 heteroatoms. The highest BCUT2D eigenvalue weighted by atomic mass is 32.2. The van der Waals surface area contributed by atoms with Crippen molar-refractivity contribution >= 4 is 22.2 Å². The maximum atomic E-state index is 12.7. The molecule has 1 aromatic carbocycles. The molecule has 0 spiro atoms. The summed E-state index contributed by atoms with van der Waals surface area (Å²) in [6.07, 6.45) is 1.57. The van der Waals surface area contributed by atoms with Gasteiger partial charge in [0.1, 0.15) is 12.4 Å². The van der Waals surface area contributed by atoms with E-state index in [-0.39, 0.29) is 19.0 Å². The molecule has 0 amide bonds. The molecule has 0 fully saturated rings. The molecular weight excluding hydrogens is 326 g/mol. The van der Waals surface area contributed by atoms with Gasteiger partial charge in [0.05, 0.1) is 27.4 Å². The third kappa shape index (κ3) is 3.69. The Bertz CT molecular complexity index is 884. The van der Waals surface area contributed by atoms with Gasteiger partial charge in [-0.15, -0.1) is 0 Å². The fourth-order valence-electron chi connectivity index (χ4n) is 2.28. The van der Waals surface area contributed by atoms with Crippen molar-refractivity contribution in [3.63, 3.8) is 0 Å². The summed E-state index contributed by atoms with van der Waals surface area (Å²) < 4.78 is 43.9. The number of hydrogen-bond acceptors (Lipinski definition) is 5. The van der Waals surface area contributed by atoms with E-state index in [0.29, 0.717) is 16.6 Å². The molecule has 1 atom stereocenters. The molecule has 6 nitrogen and oxygen atoms in total. The second-order valence-electron chi connectivity index (χ2n) is 5.13. The van der Waals surface area contributed by atoms with E-state index in [1.807, 2.05) is 31.2 Å². The second-order valence-corrected chi connectivity index (χ2v) is 6.49. The van der Waals surface area contributed by atoms with E-state index in [2.05, 4.69) is 19.7 Å². The van der Waals surface area contributed by atoms with Gasteiger partial charge < -0.3 is 14.0 Å². The van der Waals surface area contributed by atoms with Gasteiger partial charge in [0, 0.05) is 30.0 Å². The smallest absolute Gasteiger partial charge is 0.322 e. The van der Waals surface area contributed by atoms with E-state index in [4.69, 9.17) is 8.85 Å². The lowest BCUT2D eigenvalue weighted by Crippen LogP contribution is -2.11. The van der Waals surface area contributed by atoms with Crippen molar-refractivity contribution in [2.24, 2.45) is 0 Å². The number of aromatic amines is 1. The predicted molar refractivity (Wildman–Crippen MR) is 92.6 cm³/mol. The van der Waals surface area contributed by atoms with Gasteiger partial charge in [-0.2, -0.15) is 4.98 Å². The van der Waals surface area contributed by atoms with Gasteiger partial charge in [-0.1, -0.05) is 12.1 Å².